The lowest BCUT2D eigenvalue weighted by atomic mass is 10.4. The van der Waals surface area contributed by atoms with Gasteiger partial charge in [-0.15, -0.1) is 0 Å². The van der Waals surface area contributed by atoms with Crippen LogP contribution >= 0.6 is 0 Å². The SMILES string of the molecule is CCN1C=CC=NC1C. The van der Waals surface area contributed by atoms with Gasteiger partial charge in [-0.2, -0.15) is 0 Å². The quantitative estimate of drug-likeness (QED) is 0.513. The van der Waals surface area contributed by atoms with Crippen molar-refractivity contribution in [3.05, 3.63) is 12.3 Å². The molecule has 2 heteroatoms. The minimum atomic E-state index is 0.333. The van der Waals surface area contributed by atoms with Crippen LogP contribution in [0, 0.1) is 0 Å². The van der Waals surface area contributed by atoms with Crippen molar-refractivity contribution < 1.29 is 0 Å². The molecule has 1 heterocycles. The largest absolute Gasteiger partial charge is 0.356 e. The zero-order chi connectivity index (χ0) is 6.69. The smallest absolute Gasteiger partial charge is 0.117 e. The van der Waals surface area contributed by atoms with Crippen molar-refractivity contribution in [1.82, 2.24) is 4.90 Å². The van der Waals surface area contributed by atoms with Gasteiger partial charge < -0.3 is 4.90 Å². The van der Waals surface area contributed by atoms with Crippen molar-refractivity contribution in [1.29, 1.82) is 0 Å². The van der Waals surface area contributed by atoms with Crippen LogP contribution in [0.5, 0.6) is 0 Å². The number of aliphatic imine (C=N–C) groups is 1. The van der Waals surface area contributed by atoms with Gasteiger partial charge in [-0.1, -0.05) is 0 Å². The first-order chi connectivity index (χ1) is 4.34. The molecule has 1 unspecified atom stereocenters. The summed E-state index contributed by atoms with van der Waals surface area (Å²) < 4.78 is 0. The Morgan fingerprint density at radius 3 is 2.89 bits per heavy atom. The lowest BCUT2D eigenvalue weighted by Gasteiger charge is -2.24. The fourth-order valence-electron chi connectivity index (χ4n) is 0.903. The average molecular weight is 124 g/mol. The second-order valence-corrected chi connectivity index (χ2v) is 2.10. The summed E-state index contributed by atoms with van der Waals surface area (Å²) in [6.07, 6.45) is 6.21. The zero-order valence-electron chi connectivity index (χ0n) is 5.91. The second kappa shape index (κ2) is 2.67. The zero-order valence-corrected chi connectivity index (χ0v) is 5.91. The molecule has 0 saturated heterocycles. The Labute approximate surface area is 55.9 Å². The summed E-state index contributed by atoms with van der Waals surface area (Å²) in [5.74, 6) is 0. The van der Waals surface area contributed by atoms with E-state index < -0.39 is 0 Å². The van der Waals surface area contributed by atoms with E-state index in [1.165, 1.54) is 0 Å². The second-order valence-electron chi connectivity index (χ2n) is 2.10. The van der Waals surface area contributed by atoms with Gasteiger partial charge in [0.2, 0.25) is 0 Å². The molecule has 0 fully saturated rings. The molecule has 0 aromatic heterocycles. The maximum Gasteiger partial charge on any atom is 0.117 e. The van der Waals surface area contributed by atoms with Crippen LogP contribution < -0.4 is 0 Å². The Kier molecular flexibility index (Phi) is 1.88. The molecular formula is C7H12N2. The van der Waals surface area contributed by atoms with Gasteiger partial charge in [-0.05, 0) is 19.9 Å². The first-order valence-corrected chi connectivity index (χ1v) is 3.30. The molecular weight excluding hydrogens is 112 g/mol. The first-order valence-electron chi connectivity index (χ1n) is 3.30. The van der Waals surface area contributed by atoms with Gasteiger partial charge in [0, 0.05) is 19.0 Å². The van der Waals surface area contributed by atoms with Gasteiger partial charge in [0.05, 0.1) is 0 Å². The van der Waals surface area contributed by atoms with E-state index in [-0.39, 0.29) is 0 Å². The van der Waals surface area contributed by atoms with Crippen molar-refractivity contribution >= 4 is 6.21 Å². The van der Waals surface area contributed by atoms with Crippen LogP contribution in [0.1, 0.15) is 13.8 Å². The van der Waals surface area contributed by atoms with Crippen molar-refractivity contribution in [2.75, 3.05) is 6.54 Å². The maximum absolute atomic E-state index is 4.20. The highest BCUT2D eigenvalue weighted by molar-refractivity contribution is 5.71. The molecule has 0 bridgehead atoms. The summed E-state index contributed by atoms with van der Waals surface area (Å²) in [5, 5.41) is 0. The number of allylic oxidation sites excluding steroid dienone is 1. The van der Waals surface area contributed by atoms with Crippen LogP contribution in [-0.4, -0.2) is 23.8 Å². The van der Waals surface area contributed by atoms with E-state index in [9.17, 15) is 0 Å². The van der Waals surface area contributed by atoms with Crippen LogP contribution in [0.15, 0.2) is 17.3 Å². The summed E-state index contributed by atoms with van der Waals surface area (Å²) >= 11 is 0. The normalized spacial score (nSPS) is 25.1. The molecule has 1 aliphatic rings. The third kappa shape index (κ3) is 1.31. The van der Waals surface area contributed by atoms with E-state index in [2.05, 4.69) is 29.9 Å². The molecule has 0 aliphatic carbocycles. The van der Waals surface area contributed by atoms with Gasteiger partial charge in [-0.3, -0.25) is 4.99 Å². The molecule has 1 aliphatic heterocycles. The topological polar surface area (TPSA) is 15.6 Å². The fraction of sp³-hybridized carbons (Fsp3) is 0.571. The predicted octanol–water partition coefficient (Wildman–Crippen LogP) is 1.25. The average Bonchev–Trinajstić information content (AvgIpc) is 1.89. The highest BCUT2D eigenvalue weighted by Gasteiger charge is 2.05. The number of hydrogen-bond acceptors (Lipinski definition) is 2. The van der Waals surface area contributed by atoms with Gasteiger partial charge >= 0.3 is 0 Å². The lowest BCUT2D eigenvalue weighted by Crippen LogP contribution is -2.27. The molecule has 1 atom stereocenters. The van der Waals surface area contributed by atoms with Crippen LogP contribution in [-0.2, 0) is 0 Å². The van der Waals surface area contributed by atoms with Crippen molar-refractivity contribution in [2.24, 2.45) is 4.99 Å². The maximum atomic E-state index is 4.20. The van der Waals surface area contributed by atoms with Gasteiger partial charge in [0.25, 0.3) is 0 Å². The van der Waals surface area contributed by atoms with E-state index >= 15 is 0 Å². The minimum absolute atomic E-state index is 0.333. The molecule has 0 radical (unpaired) electrons. The molecule has 0 aromatic rings. The molecule has 9 heavy (non-hydrogen) atoms. The molecule has 0 spiro atoms. The Bertz CT molecular complexity index is 138. The minimum Gasteiger partial charge on any atom is -0.356 e. The molecule has 2 nitrogen and oxygen atoms in total. The van der Waals surface area contributed by atoms with Gasteiger partial charge in [0.15, 0.2) is 0 Å². The molecule has 0 N–H and O–H groups in total. The van der Waals surface area contributed by atoms with Crippen LogP contribution in [0.25, 0.3) is 0 Å². The summed E-state index contributed by atoms with van der Waals surface area (Å²) in [4.78, 5) is 6.38. The van der Waals surface area contributed by atoms with Crippen LogP contribution in [0.2, 0.25) is 0 Å². The van der Waals surface area contributed by atoms with E-state index in [1.807, 2.05) is 12.3 Å². The molecule has 1 rings (SSSR count). The van der Waals surface area contributed by atoms with Crippen molar-refractivity contribution in [2.45, 2.75) is 20.0 Å². The van der Waals surface area contributed by atoms with Crippen LogP contribution in [0.3, 0.4) is 0 Å². The summed E-state index contributed by atoms with van der Waals surface area (Å²) in [6, 6.07) is 0. The van der Waals surface area contributed by atoms with Crippen molar-refractivity contribution in [3.8, 4) is 0 Å². The van der Waals surface area contributed by atoms with Crippen LogP contribution in [0.4, 0.5) is 0 Å². The summed E-state index contributed by atoms with van der Waals surface area (Å²) in [5.41, 5.74) is 0. The Morgan fingerprint density at radius 2 is 2.44 bits per heavy atom. The van der Waals surface area contributed by atoms with Gasteiger partial charge in [-0.25, -0.2) is 0 Å². The first kappa shape index (κ1) is 6.33. The molecule has 0 aromatic carbocycles. The monoisotopic (exact) mass is 124 g/mol. The number of rotatable bonds is 1. The molecule has 0 amide bonds. The summed E-state index contributed by atoms with van der Waals surface area (Å²) in [6.45, 7) is 5.25. The third-order valence-corrected chi connectivity index (χ3v) is 1.51. The Hall–Kier alpha value is -0.790. The molecule has 0 saturated carbocycles. The predicted molar refractivity (Wildman–Crippen MR) is 39.5 cm³/mol. The van der Waals surface area contributed by atoms with Gasteiger partial charge in [0.1, 0.15) is 6.17 Å². The van der Waals surface area contributed by atoms with E-state index in [1.54, 1.807) is 0 Å². The van der Waals surface area contributed by atoms with E-state index in [4.69, 9.17) is 0 Å². The lowest BCUT2D eigenvalue weighted by molar-refractivity contribution is 0.314. The van der Waals surface area contributed by atoms with Crippen molar-refractivity contribution in [3.63, 3.8) is 0 Å². The molecule has 50 valence electrons. The third-order valence-electron chi connectivity index (χ3n) is 1.51. The highest BCUT2D eigenvalue weighted by atomic mass is 15.2. The Balaban J connectivity index is 2.55. The fourth-order valence-corrected chi connectivity index (χ4v) is 0.903. The standard InChI is InChI=1S/C7H12N2/c1-3-9-6-4-5-8-7(9)2/h4-7H,3H2,1-2H3. The van der Waals surface area contributed by atoms with E-state index in [0.717, 1.165) is 6.54 Å². The number of nitrogens with zero attached hydrogens (tertiary/aromatic N) is 2. The Morgan fingerprint density at radius 1 is 1.67 bits per heavy atom. The van der Waals surface area contributed by atoms with E-state index in [0.29, 0.717) is 6.17 Å². The highest BCUT2D eigenvalue weighted by Crippen LogP contribution is 2.03. The summed E-state index contributed by atoms with van der Waals surface area (Å²) in [7, 11) is 0. The number of hydrogen-bond donors (Lipinski definition) is 0.